The monoisotopic (exact) mass is 411 g/mol. The molecule has 1 amide bonds. The van der Waals surface area contributed by atoms with E-state index in [0.717, 1.165) is 30.8 Å². The molecule has 2 unspecified atom stereocenters. The molecule has 0 fully saturated rings. The molecule has 0 bridgehead atoms. The number of hydrogen-bond donors (Lipinski definition) is 1. The molecule has 0 aliphatic rings. The predicted molar refractivity (Wildman–Crippen MR) is 96.1 cm³/mol. The van der Waals surface area contributed by atoms with Gasteiger partial charge in [0.2, 0.25) is 5.89 Å². The summed E-state index contributed by atoms with van der Waals surface area (Å²) in [5.74, 6) is -1.80. The fraction of sp³-hybridized carbons (Fsp3) is 0.533. The van der Waals surface area contributed by atoms with Crippen LogP contribution in [0, 0.1) is 12.8 Å². The molecule has 1 aromatic rings. The number of allylic oxidation sites excluding steroid dienone is 1. The Morgan fingerprint density at radius 1 is 1.42 bits per heavy atom. The largest absolute Gasteiger partial charge is 0.408 e. The molecule has 0 saturated heterocycles. The van der Waals surface area contributed by atoms with Gasteiger partial charge in [0.05, 0.1) is 11.7 Å². The SMILES string of the molecule is CCS(=O)C/C(SC)=C(\C=C/C(C)C(F)(F)F)C(=O)Nc1nnc(C)o1. The summed E-state index contributed by atoms with van der Waals surface area (Å²) in [6.45, 7) is 4.23. The summed E-state index contributed by atoms with van der Waals surface area (Å²) >= 11 is 1.15. The highest BCUT2D eigenvalue weighted by molar-refractivity contribution is 8.03. The number of amides is 1. The van der Waals surface area contributed by atoms with E-state index in [9.17, 15) is 22.2 Å². The van der Waals surface area contributed by atoms with Crippen LogP contribution in [0.25, 0.3) is 0 Å². The molecule has 2 atom stereocenters. The number of nitrogens with one attached hydrogen (secondary N) is 1. The van der Waals surface area contributed by atoms with Crippen LogP contribution in [0.3, 0.4) is 0 Å². The van der Waals surface area contributed by atoms with Crippen molar-refractivity contribution in [1.82, 2.24) is 10.2 Å². The molecule has 0 spiro atoms. The Morgan fingerprint density at radius 3 is 2.54 bits per heavy atom. The second kappa shape index (κ2) is 9.91. The van der Waals surface area contributed by atoms with Crippen LogP contribution in [-0.4, -0.2) is 44.3 Å². The van der Waals surface area contributed by atoms with Crippen molar-refractivity contribution in [2.24, 2.45) is 5.92 Å². The van der Waals surface area contributed by atoms with Gasteiger partial charge >= 0.3 is 12.2 Å². The van der Waals surface area contributed by atoms with Crippen molar-refractivity contribution in [3.8, 4) is 0 Å². The summed E-state index contributed by atoms with van der Waals surface area (Å²) in [5, 5.41) is 9.54. The zero-order valence-corrected chi connectivity index (χ0v) is 16.3. The quantitative estimate of drug-likeness (QED) is 0.521. The highest BCUT2D eigenvalue weighted by atomic mass is 32.2. The van der Waals surface area contributed by atoms with Gasteiger partial charge in [0.25, 0.3) is 5.91 Å². The number of alkyl halides is 3. The maximum atomic E-state index is 12.7. The van der Waals surface area contributed by atoms with Crippen molar-refractivity contribution >= 4 is 34.5 Å². The van der Waals surface area contributed by atoms with Gasteiger partial charge in [-0.1, -0.05) is 31.1 Å². The van der Waals surface area contributed by atoms with Gasteiger partial charge in [-0.25, -0.2) is 0 Å². The summed E-state index contributed by atoms with van der Waals surface area (Å²) in [5.41, 5.74) is -0.0220. The minimum Gasteiger partial charge on any atom is -0.408 e. The van der Waals surface area contributed by atoms with E-state index in [4.69, 9.17) is 4.42 Å². The Hall–Kier alpha value is -1.62. The van der Waals surface area contributed by atoms with Crippen molar-refractivity contribution in [3.63, 3.8) is 0 Å². The normalized spacial score (nSPS) is 15.7. The third-order valence-electron chi connectivity index (χ3n) is 3.22. The predicted octanol–water partition coefficient (Wildman–Crippen LogP) is 3.46. The second-order valence-corrected chi connectivity index (χ2v) is 7.83. The molecule has 0 aliphatic heterocycles. The molecular weight excluding hydrogens is 391 g/mol. The maximum absolute atomic E-state index is 12.7. The zero-order chi connectivity index (χ0) is 19.9. The molecule has 6 nitrogen and oxygen atoms in total. The van der Waals surface area contributed by atoms with Crippen LogP contribution < -0.4 is 5.32 Å². The van der Waals surface area contributed by atoms with E-state index in [1.165, 1.54) is 6.92 Å². The Balaban J connectivity index is 3.20. The third-order valence-corrected chi connectivity index (χ3v) is 5.51. The van der Waals surface area contributed by atoms with Gasteiger partial charge in [-0.15, -0.1) is 16.9 Å². The van der Waals surface area contributed by atoms with Gasteiger partial charge in [0, 0.05) is 34.0 Å². The first-order chi connectivity index (χ1) is 12.1. The summed E-state index contributed by atoms with van der Waals surface area (Å²) in [6, 6.07) is -0.167. The van der Waals surface area contributed by atoms with E-state index in [2.05, 4.69) is 15.5 Å². The van der Waals surface area contributed by atoms with Crippen LogP contribution in [0.2, 0.25) is 0 Å². The van der Waals surface area contributed by atoms with E-state index >= 15 is 0 Å². The smallest absolute Gasteiger partial charge is 0.394 e. The first kappa shape index (κ1) is 22.4. The minimum absolute atomic E-state index is 0.0220. The molecule has 26 heavy (non-hydrogen) atoms. The van der Waals surface area contributed by atoms with Crippen molar-refractivity contribution in [2.45, 2.75) is 26.9 Å². The topological polar surface area (TPSA) is 85.1 Å². The van der Waals surface area contributed by atoms with Crippen LogP contribution in [0.5, 0.6) is 0 Å². The van der Waals surface area contributed by atoms with Gasteiger partial charge in [0.15, 0.2) is 0 Å². The Kier molecular flexibility index (Phi) is 8.54. The highest BCUT2D eigenvalue weighted by Gasteiger charge is 2.34. The molecule has 1 heterocycles. The van der Waals surface area contributed by atoms with Crippen LogP contribution in [-0.2, 0) is 15.6 Å². The van der Waals surface area contributed by atoms with Crippen molar-refractivity contribution in [1.29, 1.82) is 0 Å². The fourth-order valence-electron chi connectivity index (χ4n) is 1.65. The summed E-state index contributed by atoms with van der Waals surface area (Å²) in [4.78, 5) is 12.9. The highest BCUT2D eigenvalue weighted by Crippen LogP contribution is 2.28. The van der Waals surface area contributed by atoms with Crippen LogP contribution in [0.1, 0.15) is 19.7 Å². The second-order valence-electron chi connectivity index (χ2n) is 5.18. The molecule has 0 aliphatic carbocycles. The van der Waals surface area contributed by atoms with Crippen LogP contribution >= 0.6 is 11.8 Å². The number of hydrogen-bond acceptors (Lipinski definition) is 6. The number of halogens is 3. The van der Waals surface area contributed by atoms with E-state index in [-0.39, 0.29) is 23.2 Å². The lowest BCUT2D eigenvalue weighted by molar-refractivity contribution is -0.156. The number of rotatable bonds is 8. The van der Waals surface area contributed by atoms with Crippen LogP contribution in [0.15, 0.2) is 27.0 Å². The van der Waals surface area contributed by atoms with E-state index < -0.39 is 28.8 Å². The number of carbonyl (C=O) groups is 1. The summed E-state index contributed by atoms with van der Waals surface area (Å²) < 4.78 is 55.1. The molecular formula is C15H20F3N3O3S2. The van der Waals surface area contributed by atoms with Gasteiger partial charge < -0.3 is 4.42 Å². The van der Waals surface area contributed by atoms with E-state index in [1.807, 2.05) is 0 Å². The molecule has 1 aromatic heterocycles. The lowest BCUT2D eigenvalue weighted by atomic mass is 10.1. The van der Waals surface area contributed by atoms with Gasteiger partial charge in [-0.2, -0.15) is 13.2 Å². The number of anilines is 1. The number of nitrogens with zero attached hydrogens (tertiary/aromatic N) is 2. The molecule has 0 saturated carbocycles. The summed E-state index contributed by atoms with van der Waals surface area (Å²) in [6.07, 6.45) is -0.782. The van der Waals surface area contributed by atoms with Gasteiger partial charge in [0.1, 0.15) is 0 Å². The minimum atomic E-state index is -4.42. The first-order valence-corrected chi connectivity index (χ1v) is 10.3. The van der Waals surface area contributed by atoms with Crippen molar-refractivity contribution in [3.05, 3.63) is 28.5 Å². The molecule has 1 rings (SSSR count). The van der Waals surface area contributed by atoms with E-state index in [1.54, 1.807) is 13.2 Å². The fourth-order valence-corrected chi connectivity index (χ4v) is 3.55. The Bertz CT molecular complexity index is 714. The number of aromatic nitrogens is 2. The molecule has 11 heteroatoms. The number of carbonyl (C=O) groups excluding carboxylic acids is 1. The Labute approximate surface area is 156 Å². The molecule has 1 N–H and O–H groups in total. The molecule has 0 radical (unpaired) electrons. The van der Waals surface area contributed by atoms with Crippen molar-refractivity contribution in [2.75, 3.05) is 23.1 Å². The average Bonchev–Trinajstić information content (AvgIpc) is 2.97. The zero-order valence-electron chi connectivity index (χ0n) is 14.7. The standard InChI is InChI=1S/C15H20F3N3O3S2/c1-5-26(23)8-12(25-4)11(7-6-9(2)15(16,17)18)13(22)19-14-21-20-10(3)24-14/h6-7,9H,5,8H2,1-4H3,(H,19,21,22)/b7-6-,12-11-. The first-order valence-electron chi connectivity index (χ1n) is 7.56. The number of thioether (sulfide) groups is 1. The number of aryl methyl sites for hydroxylation is 1. The van der Waals surface area contributed by atoms with Gasteiger partial charge in [-0.05, 0) is 6.26 Å². The van der Waals surface area contributed by atoms with Crippen molar-refractivity contribution < 1.29 is 26.6 Å². The molecule has 0 aromatic carbocycles. The average molecular weight is 411 g/mol. The maximum Gasteiger partial charge on any atom is 0.394 e. The Morgan fingerprint density at radius 2 is 2.08 bits per heavy atom. The van der Waals surface area contributed by atoms with Crippen LogP contribution in [0.4, 0.5) is 19.2 Å². The third kappa shape index (κ3) is 6.94. The molecule has 146 valence electrons. The van der Waals surface area contributed by atoms with E-state index in [0.29, 0.717) is 10.7 Å². The summed E-state index contributed by atoms with van der Waals surface area (Å²) in [7, 11) is -1.23. The lowest BCUT2D eigenvalue weighted by Gasteiger charge is -2.13. The van der Waals surface area contributed by atoms with Gasteiger partial charge in [-0.3, -0.25) is 14.3 Å². The lowest BCUT2D eigenvalue weighted by Crippen LogP contribution is -2.19.